The van der Waals surface area contributed by atoms with Crippen molar-refractivity contribution in [1.82, 2.24) is 9.97 Å². The maximum Gasteiger partial charge on any atom is 0.356 e. The van der Waals surface area contributed by atoms with Crippen LogP contribution in [0.1, 0.15) is 23.0 Å². The second kappa shape index (κ2) is 9.94. The van der Waals surface area contributed by atoms with Crippen molar-refractivity contribution < 1.29 is 14.3 Å². The molecule has 2 aromatic carbocycles. The van der Waals surface area contributed by atoms with Crippen molar-refractivity contribution in [1.29, 1.82) is 5.26 Å². The molecule has 0 N–H and O–H groups in total. The summed E-state index contributed by atoms with van der Waals surface area (Å²) in [7, 11) is 0. The summed E-state index contributed by atoms with van der Waals surface area (Å²) in [4.78, 5) is 20.5. The normalized spacial score (nSPS) is 10.3. The van der Waals surface area contributed by atoms with Gasteiger partial charge in [0.25, 0.3) is 0 Å². The fourth-order valence-corrected chi connectivity index (χ4v) is 3.54. The lowest BCUT2D eigenvalue weighted by Crippen LogP contribution is -2.07. The van der Waals surface area contributed by atoms with Gasteiger partial charge in [0.05, 0.1) is 22.9 Å². The first-order valence-corrected chi connectivity index (χ1v) is 10.5. The molecule has 0 unspecified atom stereocenters. The second-order valence-electron chi connectivity index (χ2n) is 6.91. The zero-order valence-electron chi connectivity index (χ0n) is 17.7. The quantitative estimate of drug-likeness (QED) is 0.317. The fourth-order valence-electron chi connectivity index (χ4n) is 3.24. The Kier molecular flexibility index (Phi) is 6.63. The molecule has 0 aliphatic rings. The average Bonchev–Trinajstić information content (AvgIpc) is 2.85. The van der Waals surface area contributed by atoms with Gasteiger partial charge in [0.15, 0.2) is 0 Å². The van der Waals surface area contributed by atoms with Gasteiger partial charge in [-0.05, 0) is 48.9 Å². The number of pyridine rings is 2. The Morgan fingerprint density at radius 1 is 1.00 bits per heavy atom. The molecule has 0 radical (unpaired) electrons. The molecular formula is C26H18ClN3O3. The molecule has 4 aromatic rings. The SMILES string of the molecule is CCOC(=O)c1cc(-c2ncc(-c3ccc(Oc4ccccc4)cc3)c(C#N)c2Cl)ccn1. The Balaban J connectivity index is 1.66. The van der Waals surface area contributed by atoms with Gasteiger partial charge in [0, 0.05) is 23.5 Å². The summed E-state index contributed by atoms with van der Waals surface area (Å²) in [5.41, 5.74) is 2.74. The maximum atomic E-state index is 12.0. The Hall–Kier alpha value is -4.21. The molecule has 7 heteroatoms. The van der Waals surface area contributed by atoms with E-state index in [9.17, 15) is 10.1 Å². The van der Waals surface area contributed by atoms with Crippen LogP contribution in [0, 0.1) is 11.3 Å². The molecule has 0 aliphatic carbocycles. The van der Waals surface area contributed by atoms with Crippen LogP contribution in [0.2, 0.25) is 5.02 Å². The molecule has 0 atom stereocenters. The highest BCUT2D eigenvalue weighted by Crippen LogP contribution is 2.35. The molecule has 6 nitrogen and oxygen atoms in total. The summed E-state index contributed by atoms with van der Waals surface area (Å²) in [6, 6.07) is 22.2. The Morgan fingerprint density at radius 3 is 2.42 bits per heavy atom. The van der Waals surface area contributed by atoms with E-state index >= 15 is 0 Å². The monoisotopic (exact) mass is 455 g/mol. The maximum absolute atomic E-state index is 12.0. The fraction of sp³-hybridized carbons (Fsp3) is 0.0769. The van der Waals surface area contributed by atoms with E-state index in [2.05, 4.69) is 16.0 Å². The molecule has 162 valence electrons. The number of esters is 1. The number of hydrogen-bond donors (Lipinski definition) is 0. The summed E-state index contributed by atoms with van der Waals surface area (Å²) in [6.45, 7) is 1.96. The average molecular weight is 456 g/mol. The van der Waals surface area contributed by atoms with Crippen molar-refractivity contribution in [3.05, 3.63) is 95.4 Å². The van der Waals surface area contributed by atoms with Gasteiger partial charge in [0.1, 0.15) is 23.3 Å². The highest BCUT2D eigenvalue weighted by molar-refractivity contribution is 6.34. The molecular weight excluding hydrogens is 438 g/mol. The highest BCUT2D eigenvalue weighted by Gasteiger charge is 2.18. The first-order valence-electron chi connectivity index (χ1n) is 10.2. The minimum absolute atomic E-state index is 0.142. The van der Waals surface area contributed by atoms with Crippen molar-refractivity contribution in [2.75, 3.05) is 6.61 Å². The minimum atomic E-state index is -0.537. The smallest absolute Gasteiger partial charge is 0.356 e. The third-order valence-corrected chi connectivity index (χ3v) is 5.16. The summed E-state index contributed by atoms with van der Waals surface area (Å²) in [5.74, 6) is 0.865. The predicted octanol–water partition coefficient (Wildman–Crippen LogP) is 6.30. The van der Waals surface area contributed by atoms with Crippen LogP contribution < -0.4 is 4.74 Å². The number of hydrogen-bond acceptors (Lipinski definition) is 6. The largest absolute Gasteiger partial charge is 0.461 e. The Bertz CT molecular complexity index is 1330. The van der Waals surface area contributed by atoms with Gasteiger partial charge in [0.2, 0.25) is 0 Å². The van der Waals surface area contributed by atoms with Crippen LogP contribution in [0.4, 0.5) is 0 Å². The number of benzene rings is 2. The molecule has 2 aromatic heterocycles. The molecule has 0 bridgehead atoms. The van der Waals surface area contributed by atoms with E-state index in [0.29, 0.717) is 22.6 Å². The van der Waals surface area contributed by atoms with Crippen LogP contribution in [-0.2, 0) is 4.74 Å². The van der Waals surface area contributed by atoms with Gasteiger partial charge in [-0.3, -0.25) is 4.98 Å². The van der Waals surface area contributed by atoms with Crippen LogP contribution in [0.25, 0.3) is 22.4 Å². The molecule has 0 spiro atoms. The summed E-state index contributed by atoms with van der Waals surface area (Å²) < 4.78 is 10.8. The summed E-state index contributed by atoms with van der Waals surface area (Å²) in [6.07, 6.45) is 3.07. The first-order chi connectivity index (χ1) is 16.1. The zero-order valence-corrected chi connectivity index (χ0v) is 18.4. The number of carbonyl (C=O) groups excluding carboxylic acids is 1. The third-order valence-electron chi connectivity index (χ3n) is 4.79. The minimum Gasteiger partial charge on any atom is -0.461 e. The van der Waals surface area contributed by atoms with Crippen LogP contribution in [0.3, 0.4) is 0 Å². The van der Waals surface area contributed by atoms with Crippen molar-refractivity contribution in [3.8, 4) is 40.0 Å². The van der Waals surface area contributed by atoms with Crippen molar-refractivity contribution >= 4 is 17.6 Å². The number of nitrogens with zero attached hydrogens (tertiary/aromatic N) is 3. The zero-order chi connectivity index (χ0) is 23.2. The molecule has 33 heavy (non-hydrogen) atoms. The number of aromatic nitrogens is 2. The van der Waals surface area contributed by atoms with Crippen LogP contribution in [-0.4, -0.2) is 22.5 Å². The highest BCUT2D eigenvalue weighted by atomic mass is 35.5. The van der Waals surface area contributed by atoms with E-state index in [1.165, 1.54) is 6.20 Å². The first kappa shape index (κ1) is 22.0. The van der Waals surface area contributed by atoms with E-state index < -0.39 is 5.97 Å². The molecule has 0 saturated heterocycles. The van der Waals surface area contributed by atoms with Crippen LogP contribution in [0.15, 0.2) is 79.1 Å². The second-order valence-corrected chi connectivity index (χ2v) is 7.29. The third kappa shape index (κ3) is 4.84. The molecule has 4 rings (SSSR count). The van der Waals surface area contributed by atoms with Crippen molar-refractivity contribution in [2.24, 2.45) is 0 Å². The van der Waals surface area contributed by atoms with Gasteiger partial charge in [-0.2, -0.15) is 5.26 Å². The number of ether oxygens (including phenoxy) is 2. The lowest BCUT2D eigenvalue weighted by molar-refractivity contribution is 0.0519. The van der Waals surface area contributed by atoms with Gasteiger partial charge < -0.3 is 9.47 Å². The lowest BCUT2D eigenvalue weighted by Gasteiger charge is -2.11. The number of nitriles is 1. The predicted molar refractivity (Wildman–Crippen MR) is 125 cm³/mol. The topological polar surface area (TPSA) is 85.1 Å². The molecule has 0 saturated carbocycles. The number of carbonyl (C=O) groups is 1. The van der Waals surface area contributed by atoms with E-state index in [1.807, 2.05) is 54.6 Å². The standard InChI is InChI=1S/C26H18ClN3O3/c1-2-32-26(31)23-14-18(12-13-29-23)25-24(27)21(15-28)22(16-30-25)17-8-10-20(11-9-17)33-19-6-4-3-5-7-19/h3-14,16H,2H2,1H3. The molecule has 0 aliphatic heterocycles. The Labute approximate surface area is 196 Å². The van der Waals surface area contributed by atoms with E-state index in [-0.39, 0.29) is 22.9 Å². The summed E-state index contributed by atoms with van der Waals surface area (Å²) >= 11 is 6.58. The lowest BCUT2D eigenvalue weighted by atomic mass is 10.00. The van der Waals surface area contributed by atoms with Gasteiger partial charge >= 0.3 is 5.97 Å². The van der Waals surface area contributed by atoms with E-state index in [4.69, 9.17) is 21.1 Å². The van der Waals surface area contributed by atoms with Gasteiger partial charge in [-0.15, -0.1) is 0 Å². The molecule has 2 heterocycles. The van der Waals surface area contributed by atoms with Gasteiger partial charge in [-0.25, -0.2) is 9.78 Å². The van der Waals surface area contributed by atoms with Crippen molar-refractivity contribution in [3.63, 3.8) is 0 Å². The van der Waals surface area contributed by atoms with E-state index in [1.54, 1.807) is 25.3 Å². The number of para-hydroxylation sites is 1. The molecule has 0 fully saturated rings. The number of rotatable bonds is 6. The summed E-state index contributed by atoms with van der Waals surface area (Å²) in [5, 5.41) is 10.0. The van der Waals surface area contributed by atoms with E-state index in [0.717, 1.165) is 11.3 Å². The molecule has 0 amide bonds. The van der Waals surface area contributed by atoms with Crippen LogP contribution >= 0.6 is 11.6 Å². The van der Waals surface area contributed by atoms with Crippen LogP contribution in [0.5, 0.6) is 11.5 Å². The Morgan fingerprint density at radius 2 is 1.73 bits per heavy atom. The number of halogens is 1. The van der Waals surface area contributed by atoms with Crippen molar-refractivity contribution in [2.45, 2.75) is 6.92 Å². The van der Waals surface area contributed by atoms with Gasteiger partial charge in [-0.1, -0.05) is 41.9 Å².